The van der Waals surface area contributed by atoms with Gasteiger partial charge in [0.2, 0.25) is 5.91 Å². The van der Waals surface area contributed by atoms with Crippen molar-refractivity contribution in [2.45, 2.75) is 19.8 Å². The minimum atomic E-state index is 0.0383. The SMILES string of the molecule is Cc1nnc2ccc(N3CCCC(C(=O)N4CCOCC4)C3)nn12. The molecule has 0 spiro atoms. The van der Waals surface area contributed by atoms with Crippen molar-refractivity contribution in [1.29, 1.82) is 0 Å². The number of rotatable bonds is 2. The Bertz CT molecular complexity index is 739. The highest BCUT2D eigenvalue weighted by molar-refractivity contribution is 5.79. The summed E-state index contributed by atoms with van der Waals surface area (Å²) in [4.78, 5) is 16.9. The van der Waals surface area contributed by atoms with E-state index in [1.54, 1.807) is 4.52 Å². The molecule has 24 heavy (non-hydrogen) atoms. The monoisotopic (exact) mass is 330 g/mol. The molecular weight excluding hydrogens is 308 g/mol. The number of hydrogen-bond acceptors (Lipinski definition) is 6. The van der Waals surface area contributed by atoms with Crippen molar-refractivity contribution >= 4 is 17.4 Å². The van der Waals surface area contributed by atoms with Crippen molar-refractivity contribution in [1.82, 2.24) is 24.7 Å². The molecule has 8 nitrogen and oxygen atoms in total. The molecule has 0 aromatic carbocycles. The molecule has 2 aliphatic rings. The topological polar surface area (TPSA) is 75.9 Å². The van der Waals surface area contributed by atoms with E-state index in [4.69, 9.17) is 4.74 Å². The van der Waals surface area contributed by atoms with Gasteiger partial charge >= 0.3 is 0 Å². The minimum absolute atomic E-state index is 0.0383. The van der Waals surface area contributed by atoms with Gasteiger partial charge in [-0.15, -0.1) is 15.3 Å². The van der Waals surface area contributed by atoms with Crippen LogP contribution in [0.15, 0.2) is 12.1 Å². The van der Waals surface area contributed by atoms with E-state index in [1.807, 2.05) is 24.0 Å². The molecule has 0 saturated carbocycles. The molecule has 2 aromatic heterocycles. The molecule has 0 radical (unpaired) electrons. The van der Waals surface area contributed by atoms with Gasteiger partial charge in [0.1, 0.15) is 5.82 Å². The van der Waals surface area contributed by atoms with Gasteiger partial charge in [0.05, 0.1) is 19.1 Å². The highest BCUT2D eigenvalue weighted by atomic mass is 16.5. The molecule has 0 bridgehead atoms. The first kappa shape index (κ1) is 15.3. The Labute approximate surface area is 140 Å². The van der Waals surface area contributed by atoms with Crippen LogP contribution in [-0.2, 0) is 9.53 Å². The second kappa shape index (κ2) is 6.35. The Balaban J connectivity index is 1.50. The average molecular weight is 330 g/mol. The number of ether oxygens (including phenoxy) is 1. The smallest absolute Gasteiger partial charge is 0.227 e. The predicted molar refractivity (Wildman–Crippen MR) is 87.9 cm³/mol. The van der Waals surface area contributed by atoms with Gasteiger partial charge in [-0.05, 0) is 31.9 Å². The maximum Gasteiger partial charge on any atom is 0.227 e. The second-order valence-corrected chi connectivity index (χ2v) is 6.43. The van der Waals surface area contributed by atoms with Crippen LogP contribution in [0.4, 0.5) is 5.82 Å². The summed E-state index contributed by atoms with van der Waals surface area (Å²) in [6, 6.07) is 3.89. The number of nitrogens with zero attached hydrogens (tertiary/aromatic N) is 6. The molecule has 2 saturated heterocycles. The van der Waals surface area contributed by atoms with Gasteiger partial charge in [-0.25, -0.2) is 0 Å². The molecule has 0 aliphatic carbocycles. The third-order valence-corrected chi connectivity index (χ3v) is 4.82. The van der Waals surface area contributed by atoms with Gasteiger partial charge in [0.15, 0.2) is 11.5 Å². The number of morpholine rings is 1. The molecule has 1 amide bonds. The van der Waals surface area contributed by atoms with E-state index in [-0.39, 0.29) is 11.8 Å². The van der Waals surface area contributed by atoms with E-state index in [9.17, 15) is 4.79 Å². The number of aryl methyl sites for hydroxylation is 1. The summed E-state index contributed by atoms with van der Waals surface area (Å²) in [5, 5.41) is 12.8. The Morgan fingerprint density at radius 1 is 1.21 bits per heavy atom. The van der Waals surface area contributed by atoms with E-state index < -0.39 is 0 Å². The van der Waals surface area contributed by atoms with E-state index in [0.29, 0.717) is 26.3 Å². The van der Waals surface area contributed by atoms with Crippen LogP contribution >= 0.6 is 0 Å². The molecular formula is C16H22N6O2. The summed E-state index contributed by atoms with van der Waals surface area (Å²) in [5.74, 6) is 1.94. The summed E-state index contributed by atoms with van der Waals surface area (Å²) in [6.45, 7) is 6.24. The fraction of sp³-hybridized carbons (Fsp3) is 0.625. The first-order valence-electron chi connectivity index (χ1n) is 8.53. The second-order valence-electron chi connectivity index (χ2n) is 6.43. The lowest BCUT2D eigenvalue weighted by Crippen LogP contribution is -2.48. The van der Waals surface area contributed by atoms with Gasteiger partial charge in [-0.3, -0.25) is 4.79 Å². The van der Waals surface area contributed by atoms with Crippen molar-refractivity contribution in [3.63, 3.8) is 0 Å². The Morgan fingerprint density at radius 2 is 2.04 bits per heavy atom. The highest BCUT2D eigenvalue weighted by Gasteiger charge is 2.30. The summed E-state index contributed by atoms with van der Waals surface area (Å²) in [7, 11) is 0. The fourth-order valence-electron chi connectivity index (χ4n) is 3.48. The number of carbonyl (C=O) groups excluding carboxylic acids is 1. The predicted octanol–water partition coefficient (Wildman–Crippen LogP) is 0.508. The first-order chi connectivity index (χ1) is 11.7. The van der Waals surface area contributed by atoms with Crippen molar-refractivity contribution in [3.8, 4) is 0 Å². The molecule has 1 atom stereocenters. The Kier molecular flexibility index (Phi) is 4.05. The van der Waals surface area contributed by atoms with Crippen LogP contribution < -0.4 is 4.90 Å². The molecule has 2 aliphatic heterocycles. The van der Waals surface area contributed by atoms with Crippen molar-refractivity contribution in [2.75, 3.05) is 44.3 Å². The minimum Gasteiger partial charge on any atom is -0.378 e. The third kappa shape index (κ3) is 2.82. The van der Waals surface area contributed by atoms with Gasteiger partial charge in [0.25, 0.3) is 0 Å². The van der Waals surface area contributed by atoms with Crippen molar-refractivity contribution in [2.24, 2.45) is 5.92 Å². The third-order valence-electron chi connectivity index (χ3n) is 4.82. The number of aromatic nitrogens is 4. The lowest BCUT2D eigenvalue weighted by Gasteiger charge is -2.36. The Hall–Kier alpha value is -2.22. The molecule has 1 unspecified atom stereocenters. The molecule has 2 aromatic rings. The molecule has 128 valence electrons. The molecule has 2 fully saturated rings. The van der Waals surface area contributed by atoms with Crippen LogP contribution in [0.25, 0.3) is 5.65 Å². The molecule has 4 heterocycles. The molecule has 4 rings (SSSR count). The zero-order valence-electron chi connectivity index (χ0n) is 13.9. The van der Waals surface area contributed by atoms with Gasteiger partial charge in [0, 0.05) is 26.2 Å². The summed E-state index contributed by atoms with van der Waals surface area (Å²) >= 11 is 0. The summed E-state index contributed by atoms with van der Waals surface area (Å²) in [6.07, 6.45) is 1.95. The normalized spacial score (nSPS) is 22.1. The van der Waals surface area contributed by atoms with Crippen molar-refractivity contribution in [3.05, 3.63) is 18.0 Å². The first-order valence-corrected chi connectivity index (χ1v) is 8.53. The quantitative estimate of drug-likeness (QED) is 0.798. The van der Waals surface area contributed by atoms with Crippen LogP contribution in [-0.4, -0.2) is 70.0 Å². The van der Waals surface area contributed by atoms with Crippen LogP contribution in [0.3, 0.4) is 0 Å². The number of fused-ring (bicyclic) bond motifs is 1. The number of piperidine rings is 1. The van der Waals surface area contributed by atoms with Crippen LogP contribution in [0, 0.1) is 12.8 Å². The maximum atomic E-state index is 12.8. The van der Waals surface area contributed by atoms with Gasteiger partial charge in [-0.1, -0.05) is 0 Å². The average Bonchev–Trinajstić information content (AvgIpc) is 3.02. The zero-order chi connectivity index (χ0) is 16.5. The standard InChI is InChI=1S/C16H22N6O2/c1-12-17-18-14-4-5-15(19-22(12)14)21-6-2-3-13(11-21)16(23)20-7-9-24-10-8-20/h4-5,13H,2-3,6-11H2,1H3. The number of amides is 1. The Morgan fingerprint density at radius 3 is 2.88 bits per heavy atom. The molecule has 0 N–H and O–H groups in total. The summed E-state index contributed by atoms with van der Waals surface area (Å²) in [5.41, 5.74) is 0.745. The zero-order valence-corrected chi connectivity index (χ0v) is 13.9. The van der Waals surface area contributed by atoms with Crippen LogP contribution in [0.5, 0.6) is 0 Å². The maximum absolute atomic E-state index is 12.8. The van der Waals surface area contributed by atoms with E-state index in [0.717, 1.165) is 43.2 Å². The highest BCUT2D eigenvalue weighted by Crippen LogP contribution is 2.23. The van der Waals surface area contributed by atoms with Crippen molar-refractivity contribution < 1.29 is 9.53 Å². The number of anilines is 1. The largest absolute Gasteiger partial charge is 0.378 e. The van der Waals surface area contributed by atoms with Gasteiger partial charge in [-0.2, -0.15) is 4.52 Å². The lowest BCUT2D eigenvalue weighted by atomic mass is 9.96. The van der Waals surface area contributed by atoms with Crippen LogP contribution in [0.2, 0.25) is 0 Å². The number of hydrogen-bond donors (Lipinski definition) is 0. The van der Waals surface area contributed by atoms with E-state index >= 15 is 0 Å². The van der Waals surface area contributed by atoms with Gasteiger partial charge < -0.3 is 14.5 Å². The van der Waals surface area contributed by atoms with E-state index in [1.165, 1.54) is 0 Å². The number of carbonyl (C=O) groups is 1. The molecule has 8 heteroatoms. The van der Waals surface area contributed by atoms with E-state index in [2.05, 4.69) is 20.2 Å². The van der Waals surface area contributed by atoms with Crippen LogP contribution in [0.1, 0.15) is 18.7 Å². The lowest BCUT2D eigenvalue weighted by molar-refractivity contribution is -0.139. The fourth-order valence-corrected chi connectivity index (χ4v) is 3.48. The summed E-state index contributed by atoms with van der Waals surface area (Å²) < 4.78 is 7.10.